The molecule has 0 saturated heterocycles. The van der Waals surface area contributed by atoms with Gasteiger partial charge in [-0.2, -0.15) is 0 Å². The Morgan fingerprint density at radius 3 is 1.57 bits per heavy atom. The lowest BCUT2D eigenvalue weighted by atomic mass is 9.51. The third-order valence-electron chi connectivity index (χ3n) is 14.4. The summed E-state index contributed by atoms with van der Waals surface area (Å²) in [4.78, 5) is 40.6. The van der Waals surface area contributed by atoms with Crippen LogP contribution in [-0.4, -0.2) is 36.7 Å². The average molecular weight is 627 g/mol. The molecule has 12 unspecified atom stereocenters. The van der Waals surface area contributed by atoms with Gasteiger partial charge in [0.05, 0.1) is 24.4 Å². The summed E-state index contributed by atoms with van der Waals surface area (Å²) in [5.74, 6) is 3.33. The number of esters is 3. The van der Waals surface area contributed by atoms with Crippen LogP contribution < -0.4 is 0 Å². The molecule has 12 atom stereocenters. The van der Waals surface area contributed by atoms with Crippen molar-refractivity contribution in [3.05, 3.63) is 47.6 Å². The second kappa shape index (κ2) is 10.2. The Kier molecular flexibility index (Phi) is 6.53. The Bertz CT molecular complexity index is 1460. The van der Waals surface area contributed by atoms with E-state index in [1.165, 1.54) is 17.6 Å². The minimum atomic E-state index is -0.451. The van der Waals surface area contributed by atoms with Gasteiger partial charge in [0, 0.05) is 10.8 Å². The highest BCUT2D eigenvalue weighted by Gasteiger charge is 2.67. The van der Waals surface area contributed by atoms with E-state index in [4.69, 9.17) is 14.2 Å². The van der Waals surface area contributed by atoms with Crippen LogP contribution in [0, 0.1) is 81.8 Å². The van der Waals surface area contributed by atoms with Gasteiger partial charge in [0.1, 0.15) is 12.2 Å². The number of allylic oxidation sites excluding steroid dienone is 8. The summed E-state index contributed by atoms with van der Waals surface area (Å²) in [6.07, 6.45) is 21.4. The molecule has 0 heterocycles. The minimum Gasteiger partial charge on any atom is -0.465 e. The first kappa shape index (κ1) is 29.5. The normalized spacial score (nSPS) is 47.2. The molecule has 6 heteroatoms. The number of hydrogen-bond donors (Lipinski definition) is 0. The van der Waals surface area contributed by atoms with E-state index in [9.17, 15) is 14.4 Å². The molecule has 0 aliphatic heterocycles. The summed E-state index contributed by atoms with van der Waals surface area (Å²) in [6, 6.07) is 0. The molecule has 0 aromatic heterocycles. The van der Waals surface area contributed by atoms with Crippen LogP contribution in [0.1, 0.15) is 79.1 Å². The van der Waals surface area contributed by atoms with Gasteiger partial charge in [-0.05, 0) is 116 Å². The fraction of sp³-hybridized carbons (Fsp3) is 0.725. The van der Waals surface area contributed by atoms with Crippen molar-refractivity contribution in [1.82, 2.24) is 0 Å². The SMILES string of the molecule is CC1(C)C(OC(=O)C2CC3C=CC2C3)C(C)(C)C1OC(=O)C1CC2C=C(C3=CC4CC(C(=O)OCC5CC6C=CC5C6)C3C4)C1C2. The van der Waals surface area contributed by atoms with Gasteiger partial charge in [0.2, 0.25) is 0 Å². The highest BCUT2D eigenvalue weighted by Crippen LogP contribution is 2.61. The second-order valence-corrected chi connectivity index (χ2v) is 18.0. The van der Waals surface area contributed by atoms with E-state index in [-0.39, 0.29) is 59.7 Å². The van der Waals surface area contributed by atoms with Crippen LogP contribution in [0.15, 0.2) is 47.6 Å². The number of rotatable bonds is 8. The first-order valence-electron chi connectivity index (χ1n) is 18.4. The van der Waals surface area contributed by atoms with Crippen LogP contribution in [0.25, 0.3) is 0 Å². The summed E-state index contributed by atoms with van der Waals surface area (Å²) >= 11 is 0. The number of hydrogen-bond acceptors (Lipinski definition) is 6. The molecule has 0 N–H and O–H groups in total. The van der Waals surface area contributed by atoms with E-state index in [1.807, 2.05) is 0 Å². The Hall–Kier alpha value is -2.63. The van der Waals surface area contributed by atoms with Crippen LogP contribution >= 0.6 is 0 Å². The molecule has 46 heavy (non-hydrogen) atoms. The van der Waals surface area contributed by atoms with Gasteiger partial charge in [-0.25, -0.2) is 0 Å². The first-order valence-corrected chi connectivity index (χ1v) is 18.4. The zero-order valence-electron chi connectivity index (χ0n) is 27.9. The van der Waals surface area contributed by atoms with Gasteiger partial charge in [-0.3, -0.25) is 14.4 Å². The van der Waals surface area contributed by atoms with Crippen molar-refractivity contribution in [1.29, 1.82) is 0 Å². The summed E-state index contributed by atoms with van der Waals surface area (Å²) < 4.78 is 18.6. The van der Waals surface area contributed by atoms with Crippen LogP contribution in [0.4, 0.5) is 0 Å². The fourth-order valence-electron chi connectivity index (χ4n) is 12.6. The monoisotopic (exact) mass is 626 g/mol. The number of carbonyl (C=O) groups excluding carboxylic acids is 3. The van der Waals surface area contributed by atoms with Crippen LogP contribution in [-0.2, 0) is 28.6 Å². The molecule has 0 aromatic carbocycles. The second-order valence-electron chi connectivity index (χ2n) is 18.0. The standard InChI is InChI=1S/C40H50O6/c1-39(2)37(45-35(42)27-12-21-6-8-25(27)10-21)40(3,4)38(39)46-36(43)33-18-23-14-29(31(33)16-23)28-13-22-15-30(28)32(17-22)34(41)44-19-26-11-20-5-7-24(26)9-20/h5-8,13-14,20-27,30-33,37-38H,9-12,15-19H2,1-4H3. The van der Waals surface area contributed by atoms with Gasteiger partial charge in [0.15, 0.2) is 0 Å². The van der Waals surface area contributed by atoms with Crippen molar-refractivity contribution in [3.8, 4) is 0 Å². The maximum Gasteiger partial charge on any atom is 0.309 e. The van der Waals surface area contributed by atoms with E-state index >= 15 is 0 Å². The maximum atomic E-state index is 13.9. The lowest BCUT2D eigenvalue weighted by molar-refractivity contribution is -0.271. The Morgan fingerprint density at radius 1 is 0.587 bits per heavy atom. The zero-order chi connectivity index (χ0) is 31.7. The van der Waals surface area contributed by atoms with E-state index in [0.717, 1.165) is 44.9 Å². The van der Waals surface area contributed by atoms with E-state index in [2.05, 4.69) is 64.2 Å². The lowest BCUT2D eigenvalue weighted by Gasteiger charge is -2.61. The molecule has 0 spiro atoms. The summed E-state index contributed by atoms with van der Waals surface area (Å²) in [6.45, 7) is 8.87. The molecule has 6 nitrogen and oxygen atoms in total. The van der Waals surface area contributed by atoms with Crippen molar-refractivity contribution in [2.24, 2.45) is 81.8 Å². The lowest BCUT2D eigenvalue weighted by Crippen LogP contribution is -2.70. The van der Waals surface area contributed by atoms with Crippen LogP contribution in [0.3, 0.4) is 0 Å². The largest absolute Gasteiger partial charge is 0.465 e. The fourth-order valence-corrected chi connectivity index (χ4v) is 12.6. The first-order chi connectivity index (χ1) is 22.0. The summed E-state index contributed by atoms with van der Waals surface area (Å²) in [5, 5.41) is 0. The van der Waals surface area contributed by atoms with Crippen LogP contribution in [0.5, 0.6) is 0 Å². The topological polar surface area (TPSA) is 78.9 Å². The molecule has 8 bridgehead atoms. The average Bonchev–Trinajstić information content (AvgIpc) is 3.88. The predicted octanol–water partition coefficient (Wildman–Crippen LogP) is 7.01. The summed E-state index contributed by atoms with van der Waals surface area (Å²) in [7, 11) is 0. The van der Waals surface area contributed by atoms with Crippen molar-refractivity contribution in [3.63, 3.8) is 0 Å². The zero-order valence-corrected chi connectivity index (χ0v) is 27.9. The summed E-state index contributed by atoms with van der Waals surface area (Å²) in [5.41, 5.74) is 1.72. The molecular weight excluding hydrogens is 576 g/mol. The van der Waals surface area contributed by atoms with E-state index in [0.29, 0.717) is 48.0 Å². The third-order valence-corrected chi connectivity index (χ3v) is 14.4. The van der Waals surface area contributed by atoms with E-state index in [1.54, 1.807) is 0 Å². The molecular formula is C40H50O6. The van der Waals surface area contributed by atoms with Gasteiger partial charge < -0.3 is 14.2 Å². The molecule has 9 aliphatic carbocycles. The number of fused-ring (bicyclic) bond motifs is 8. The molecule has 9 rings (SSSR count). The highest BCUT2D eigenvalue weighted by atomic mass is 16.6. The Labute approximate surface area is 273 Å². The molecule has 0 radical (unpaired) electrons. The van der Waals surface area contributed by atoms with Crippen molar-refractivity contribution in [2.45, 2.75) is 91.3 Å². The molecule has 9 aliphatic rings. The van der Waals surface area contributed by atoms with Crippen molar-refractivity contribution in [2.75, 3.05) is 6.61 Å². The molecule has 0 amide bonds. The smallest absolute Gasteiger partial charge is 0.309 e. The Balaban J connectivity index is 0.831. The number of ether oxygens (including phenoxy) is 3. The van der Waals surface area contributed by atoms with Crippen LogP contribution in [0.2, 0.25) is 0 Å². The minimum absolute atomic E-state index is 0.00818. The van der Waals surface area contributed by atoms with Crippen molar-refractivity contribution >= 4 is 17.9 Å². The Morgan fingerprint density at radius 2 is 1.09 bits per heavy atom. The molecule has 5 saturated carbocycles. The van der Waals surface area contributed by atoms with E-state index < -0.39 is 10.8 Å². The molecule has 5 fully saturated rings. The molecule has 0 aromatic rings. The van der Waals surface area contributed by atoms with Gasteiger partial charge in [0.25, 0.3) is 0 Å². The quantitative estimate of drug-likeness (QED) is 0.164. The molecule has 246 valence electrons. The van der Waals surface area contributed by atoms with Gasteiger partial charge in [-0.1, -0.05) is 64.2 Å². The maximum absolute atomic E-state index is 13.9. The van der Waals surface area contributed by atoms with Gasteiger partial charge in [-0.15, -0.1) is 0 Å². The van der Waals surface area contributed by atoms with Gasteiger partial charge >= 0.3 is 17.9 Å². The predicted molar refractivity (Wildman–Crippen MR) is 172 cm³/mol. The third kappa shape index (κ3) is 4.36. The highest BCUT2D eigenvalue weighted by molar-refractivity contribution is 5.77. The number of carbonyl (C=O) groups is 3. The van der Waals surface area contributed by atoms with Crippen molar-refractivity contribution < 1.29 is 28.6 Å².